The van der Waals surface area contributed by atoms with Gasteiger partial charge in [-0.15, -0.1) is 0 Å². The molecule has 0 radical (unpaired) electrons. The molecule has 2 aromatic heterocycles. The summed E-state index contributed by atoms with van der Waals surface area (Å²) in [6.07, 6.45) is 2.69. The lowest BCUT2D eigenvalue weighted by Crippen LogP contribution is -2.35. The van der Waals surface area contributed by atoms with Crippen LogP contribution in [0.5, 0.6) is 5.75 Å². The van der Waals surface area contributed by atoms with E-state index in [1.54, 1.807) is 24.3 Å². The maximum Gasteiger partial charge on any atom is 0.289 e. The van der Waals surface area contributed by atoms with Crippen LogP contribution in [-0.4, -0.2) is 46.9 Å². The van der Waals surface area contributed by atoms with Crippen molar-refractivity contribution in [2.75, 3.05) is 26.2 Å². The van der Waals surface area contributed by atoms with E-state index < -0.39 is 0 Å². The number of hydrogen-bond donors (Lipinski definition) is 0. The number of nitrogens with zero attached hydrogens (tertiary/aromatic N) is 3. The van der Waals surface area contributed by atoms with Crippen LogP contribution in [0.2, 0.25) is 5.02 Å². The van der Waals surface area contributed by atoms with Crippen molar-refractivity contribution >= 4 is 17.5 Å². The number of ether oxygens (including phenoxy) is 1. The molecule has 1 fully saturated rings. The minimum atomic E-state index is -0.105. The molecule has 3 heterocycles. The highest BCUT2D eigenvalue weighted by atomic mass is 35.5. The molecule has 0 bridgehead atoms. The number of rotatable bonds is 6. The molecule has 33 heavy (non-hydrogen) atoms. The first-order valence-corrected chi connectivity index (χ1v) is 11.6. The second-order valence-corrected chi connectivity index (χ2v) is 9.68. The van der Waals surface area contributed by atoms with Crippen molar-refractivity contribution in [1.82, 2.24) is 14.8 Å². The van der Waals surface area contributed by atoms with Gasteiger partial charge in [-0.3, -0.25) is 9.69 Å². The summed E-state index contributed by atoms with van der Waals surface area (Å²) in [7, 11) is 0. The molecule has 3 aromatic rings. The molecule has 0 N–H and O–H groups in total. The van der Waals surface area contributed by atoms with Crippen LogP contribution in [0, 0.1) is 0 Å². The van der Waals surface area contributed by atoms with Crippen LogP contribution in [0.4, 0.5) is 0 Å². The Balaban J connectivity index is 1.30. The van der Waals surface area contributed by atoms with Crippen LogP contribution in [0.25, 0.3) is 0 Å². The number of furan rings is 1. The minimum Gasteiger partial charge on any atom is -0.484 e. The topological polar surface area (TPSA) is 72.0 Å². The first-order valence-electron chi connectivity index (χ1n) is 11.2. The third-order valence-electron chi connectivity index (χ3n) is 5.61. The maximum atomic E-state index is 13.0. The fourth-order valence-electron chi connectivity index (χ4n) is 3.69. The molecule has 1 saturated heterocycles. The lowest BCUT2D eigenvalue weighted by Gasteiger charge is -2.20. The minimum absolute atomic E-state index is 0.0620. The molecule has 7 nitrogen and oxygen atoms in total. The molecular formula is C25H30ClN3O4. The quantitative estimate of drug-likeness (QED) is 0.495. The molecule has 176 valence electrons. The lowest BCUT2D eigenvalue weighted by atomic mass is 9.94. The molecule has 0 atom stereocenters. The normalized spacial score (nSPS) is 15.5. The predicted molar refractivity (Wildman–Crippen MR) is 125 cm³/mol. The lowest BCUT2D eigenvalue weighted by molar-refractivity contribution is 0.0724. The third-order valence-corrected chi connectivity index (χ3v) is 5.92. The Morgan fingerprint density at radius 3 is 2.67 bits per heavy atom. The summed E-state index contributed by atoms with van der Waals surface area (Å²) in [5.41, 5.74) is -0.0620. The monoisotopic (exact) mass is 471 g/mol. The van der Waals surface area contributed by atoms with Gasteiger partial charge in [0.15, 0.2) is 5.76 Å². The molecule has 0 unspecified atom stereocenters. The fraction of sp³-hybridized carbons (Fsp3) is 0.440. The van der Waals surface area contributed by atoms with E-state index in [9.17, 15) is 4.79 Å². The summed E-state index contributed by atoms with van der Waals surface area (Å²) in [4.78, 5) is 21.5. The molecule has 1 aliphatic rings. The van der Waals surface area contributed by atoms with Gasteiger partial charge in [-0.1, -0.05) is 44.5 Å². The zero-order valence-corrected chi connectivity index (χ0v) is 20.1. The standard InChI is InChI=1S/C25H30ClN3O4/c1-25(2,3)22-15-27-23(33-22)16-28-11-6-12-29(14-13-28)24(30)21-10-9-18(32-21)17-31-20-8-5-4-7-19(20)26/h4-5,7-10,15H,6,11-14,16-17H2,1-3H3. The van der Waals surface area contributed by atoms with E-state index >= 15 is 0 Å². The number of halogens is 1. The van der Waals surface area contributed by atoms with Gasteiger partial charge in [-0.05, 0) is 30.7 Å². The van der Waals surface area contributed by atoms with Crippen LogP contribution in [0.15, 0.2) is 51.4 Å². The predicted octanol–water partition coefficient (Wildman–Crippen LogP) is 5.15. The van der Waals surface area contributed by atoms with E-state index in [1.807, 2.05) is 23.2 Å². The Bertz CT molecular complexity index is 1090. The number of para-hydroxylation sites is 1. The van der Waals surface area contributed by atoms with E-state index in [2.05, 4.69) is 30.7 Å². The average Bonchev–Trinajstić information content (AvgIpc) is 3.39. The van der Waals surface area contributed by atoms with Crippen molar-refractivity contribution < 1.29 is 18.4 Å². The van der Waals surface area contributed by atoms with Crippen LogP contribution in [0.1, 0.15) is 55.2 Å². The Morgan fingerprint density at radius 2 is 1.91 bits per heavy atom. The number of carbonyl (C=O) groups is 1. The second kappa shape index (κ2) is 10.0. The van der Waals surface area contributed by atoms with Crippen molar-refractivity contribution in [3.63, 3.8) is 0 Å². The van der Waals surface area contributed by atoms with Gasteiger partial charge in [0.1, 0.15) is 23.9 Å². The van der Waals surface area contributed by atoms with Crippen molar-refractivity contribution in [3.8, 4) is 5.75 Å². The molecule has 1 aliphatic heterocycles. The SMILES string of the molecule is CC(C)(C)c1cnc(CN2CCCN(C(=O)c3ccc(COc4ccccc4Cl)o3)CC2)o1. The number of carbonyl (C=O) groups excluding carboxylic acids is 1. The van der Waals surface area contributed by atoms with Crippen molar-refractivity contribution in [2.45, 2.75) is 45.8 Å². The van der Waals surface area contributed by atoms with Crippen LogP contribution < -0.4 is 4.74 Å². The Morgan fingerprint density at radius 1 is 1.09 bits per heavy atom. The van der Waals surface area contributed by atoms with Crippen molar-refractivity contribution in [3.05, 3.63) is 70.8 Å². The number of oxazole rings is 1. The summed E-state index contributed by atoms with van der Waals surface area (Å²) >= 11 is 6.12. The molecule has 0 aliphatic carbocycles. The molecule has 8 heteroatoms. The zero-order chi connectivity index (χ0) is 23.4. The number of amides is 1. The van der Waals surface area contributed by atoms with Gasteiger partial charge in [0.25, 0.3) is 5.91 Å². The summed E-state index contributed by atoms with van der Waals surface area (Å²) in [6, 6.07) is 10.7. The van der Waals surface area contributed by atoms with Gasteiger partial charge in [-0.2, -0.15) is 0 Å². The summed E-state index contributed by atoms with van der Waals surface area (Å²) in [5, 5.41) is 0.536. The largest absolute Gasteiger partial charge is 0.484 e. The Kier molecular flexibility index (Phi) is 7.10. The van der Waals surface area contributed by atoms with Gasteiger partial charge >= 0.3 is 0 Å². The van der Waals surface area contributed by atoms with Crippen LogP contribution in [0.3, 0.4) is 0 Å². The van der Waals surface area contributed by atoms with Crippen molar-refractivity contribution in [2.24, 2.45) is 0 Å². The molecule has 0 saturated carbocycles. The average molecular weight is 472 g/mol. The van der Waals surface area contributed by atoms with Gasteiger partial charge in [0, 0.05) is 31.6 Å². The molecule has 1 amide bonds. The number of aromatic nitrogens is 1. The van der Waals surface area contributed by atoms with Crippen molar-refractivity contribution in [1.29, 1.82) is 0 Å². The van der Waals surface area contributed by atoms with E-state index in [-0.39, 0.29) is 17.9 Å². The third kappa shape index (κ3) is 5.97. The molecular weight excluding hydrogens is 442 g/mol. The van der Waals surface area contributed by atoms with Gasteiger partial charge in [0.05, 0.1) is 17.8 Å². The molecule has 4 rings (SSSR count). The second-order valence-electron chi connectivity index (χ2n) is 9.28. The fourth-order valence-corrected chi connectivity index (χ4v) is 3.88. The van der Waals surface area contributed by atoms with Gasteiger partial charge < -0.3 is 18.5 Å². The summed E-state index contributed by atoms with van der Waals surface area (Å²) in [6.45, 7) is 10.1. The Labute approximate surface area is 199 Å². The highest BCUT2D eigenvalue weighted by Crippen LogP contribution is 2.25. The highest BCUT2D eigenvalue weighted by molar-refractivity contribution is 6.32. The molecule has 1 aromatic carbocycles. The van der Waals surface area contributed by atoms with E-state index in [0.717, 1.165) is 25.3 Å². The van der Waals surface area contributed by atoms with E-state index in [0.29, 0.717) is 47.8 Å². The van der Waals surface area contributed by atoms with E-state index in [4.69, 9.17) is 25.2 Å². The van der Waals surface area contributed by atoms with Crippen LogP contribution in [-0.2, 0) is 18.6 Å². The first kappa shape index (κ1) is 23.4. The molecule has 0 spiro atoms. The number of benzene rings is 1. The summed E-state index contributed by atoms with van der Waals surface area (Å²) in [5.74, 6) is 2.98. The van der Waals surface area contributed by atoms with Gasteiger partial charge in [-0.25, -0.2) is 4.98 Å². The first-order chi connectivity index (χ1) is 15.8. The summed E-state index contributed by atoms with van der Waals surface area (Å²) < 4.78 is 17.4. The highest BCUT2D eigenvalue weighted by Gasteiger charge is 2.24. The van der Waals surface area contributed by atoms with Crippen LogP contribution >= 0.6 is 11.6 Å². The van der Waals surface area contributed by atoms with Gasteiger partial charge in [0.2, 0.25) is 5.89 Å². The van der Waals surface area contributed by atoms with E-state index in [1.165, 1.54) is 0 Å². The zero-order valence-electron chi connectivity index (χ0n) is 19.3. The smallest absolute Gasteiger partial charge is 0.289 e. The number of hydrogen-bond acceptors (Lipinski definition) is 6. The Hall–Kier alpha value is -2.77. The maximum absolute atomic E-state index is 13.0.